The van der Waals surface area contributed by atoms with E-state index in [0.717, 1.165) is 10.0 Å². The molecule has 4 nitrogen and oxygen atoms in total. The zero-order valence-corrected chi connectivity index (χ0v) is 11.0. The minimum Gasteiger partial charge on any atom is -0.343 e. The van der Waals surface area contributed by atoms with E-state index in [1.807, 2.05) is 24.3 Å². The third-order valence-corrected chi connectivity index (χ3v) is 3.49. The van der Waals surface area contributed by atoms with E-state index in [4.69, 9.17) is 0 Å². The van der Waals surface area contributed by atoms with Crippen molar-refractivity contribution >= 4 is 27.7 Å². The first kappa shape index (κ1) is 12.1. The van der Waals surface area contributed by atoms with Crippen LogP contribution in [0.15, 0.2) is 28.7 Å². The number of hydrogen-bond acceptors (Lipinski definition) is 2. The van der Waals surface area contributed by atoms with Crippen LogP contribution in [0.4, 0.5) is 0 Å². The van der Waals surface area contributed by atoms with Crippen molar-refractivity contribution in [1.82, 2.24) is 10.2 Å². The highest BCUT2D eigenvalue weighted by molar-refractivity contribution is 9.10. The average Bonchev–Trinajstić information content (AvgIpc) is 2.28. The number of nitrogens with one attached hydrogen (secondary N) is 1. The van der Waals surface area contributed by atoms with Gasteiger partial charge in [-0.15, -0.1) is 0 Å². The molecule has 90 valence electrons. The molecule has 1 atom stereocenters. The van der Waals surface area contributed by atoms with Crippen molar-refractivity contribution in [3.05, 3.63) is 34.3 Å². The van der Waals surface area contributed by atoms with E-state index in [2.05, 4.69) is 21.2 Å². The lowest BCUT2D eigenvalue weighted by molar-refractivity contribution is -0.144. The number of nitrogens with zero attached hydrogens (tertiary/aromatic N) is 1. The molecular weight excluding hydrogens is 284 g/mol. The van der Waals surface area contributed by atoms with Crippen molar-refractivity contribution in [3.63, 3.8) is 0 Å². The molecule has 1 aromatic rings. The predicted molar refractivity (Wildman–Crippen MR) is 67.2 cm³/mol. The number of halogens is 1. The smallest absolute Gasteiger partial charge is 0.245 e. The Labute approximate surface area is 108 Å². The number of carbonyl (C=O) groups is 2. The zero-order valence-electron chi connectivity index (χ0n) is 9.44. The van der Waals surface area contributed by atoms with Crippen LogP contribution in [0, 0.1) is 0 Å². The maximum absolute atomic E-state index is 11.9. The Balaban J connectivity index is 2.15. The summed E-state index contributed by atoms with van der Waals surface area (Å²) in [6.45, 7) is 2.29. The first-order chi connectivity index (χ1) is 8.08. The van der Waals surface area contributed by atoms with Gasteiger partial charge in [0.15, 0.2) is 0 Å². The summed E-state index contributed by atoms with van der Waals surface area (Å²) in [4.78, 5) is 24.8. The largest absolute Gasteiger partial charge is 0.343 e. The molecule has 2 rings (SSSR count). The zero-order chi connectivity index (χ0) is 12.4. The van der Waals surface area contributed by atoms with Gasteiger partial charge in [0, 0.05) is 11.0 Å². The van der Waals surface area contributed by atoms with Gasteiger partial charge in [0.25, 0.3) is 0 Å². The van der Waals surface area contributed by atoms with Gasteiger partial charge in [-0.2, -0.15) is 0 Å². The fourth-order valence-electron chi connectivity index (χ4n) is 1.84. The summed E-state index contributed by atoms with van der Waals surface area (Å²) in [6, 6.07) is 7.26. The molecule has 1 aromatic carbocycles. The first-order valence-electron chi connectivity index (χ1n) is 5.39. The number of piperazine rings is 1. The summed E-state index contributed by atoms with van der Waals surface area (Å²) >= 11 is 3.43. The standard InChI is InChI=1S/C12H13BrN2O2/c1-8-12(17)15(7-11(16)14-8)6-9-4-2-3-5-10(9)13/h2-5,8H,6-7H2,1H3,(H,14,16). The van der Waals surface area contributed by atoms with Crippen molar-refractivity contribution in [1.29, 1.82) is 0 Å². The van der Waals surface area contributed by atoms with Crippen LogP contribution in [0.5, 0.6) is 0 Å². The molecule has 0 radical (unpaired) electrons. The van der Waals surface area contributed by atoms with Crippen molar-refractivity contribution in [2.75, 3.05) is 6.54 Å². The van der Waals surface area contributed by atoms with Crippen LogP contribution in [0.3, 0.4) is 0 Å². The average molecular weight is 297 g/mol. The molecule has 1 aliphatic rings. The summed E-state index contributed by atoms with van der Waals surface area (Å²) < 4.78 is 0.950. The van der Waals surface area contributed by atoms with Crippen molar-refractivity contribution in [2.45, 2.75) is 19.5 Å². The Kier molecular flexibility index (Phi) is 3.47. The van der Waals surface area contributed by atoms with Gasteiger partial charge >= 0.3 is 0 Å². The van der Waals surface area contributed by atoms with Crippen LogP contribution < -0.4 is 5.32 Å². The van der Waals surface area contributed by atoms with Crippen LogP contribution >= 0.6 is 15.9 Å². The van der Waals surface area contributed by atoms with Crippen LogP contribution in [0.1, 0.15) is 12.5 Å². The molecule has 1 saturated heterocycles. The van der Waals surface area contributed by atoms with Gasteiger partial charge < -0.3 is 10.2 Å². The number of rotatable bonds is 2. The molecule has 1 unspecified atom stereocenters. The molecule has 2 amide bonds. The molecule has 0 spiro atoms. The number of amides is 2. The topological polar surface area (TPSA) is 49.4 Å². The number of benzene rings is 1. The highest BCUT2D eigenvalue weighted by Gasteiger charge is 2.29. The minimum atomic E-state index is -0.432. The molecular formula is C12H13BrN2O2. The Morgan fingerprint density at radius 3 is 2.82 bits per heavy atom. The van der Waals surface area contributed by atoms with Crippen molar-refractivity contribution in [3.8, 4) is 0 Å². The molecule has 0 saturated carbocycles. The second kappa shape index (κ2) is 4.87. The van der Waals surface area contributed by atoms with Crippen LogP contribution in [-0.2, 0) is 16.1 Å². The fourth-order valence-corrected chi connectivity index (χ4v) is 2.25. The lowest BCUT2D eigenvalue weighted by Gasteiger charge is -2.31. The Bertz CT molecular complexity index is 462. The molecule has 0 bridgehead atoms. The third-order valence-electron chi connectivity index (χ3n) is 2.71. The van der Waals surface area contributed by atoms with E-state index in [1.165, 1.54) is 0 Å². The van der Waals surface area contributed by atoms with Gasteiger partial charge in [-0.1, -0.05) is 34.1 Å². The SMILES string of the molecule is CC1NC(=O)CN(Cc2ccccc2Br)C1=O. The molecule has 1 fully saturated rings. The minimum absolute atomic E-state index is 0.0413. The molecule has 0 aromatic heterocycles. The van der Waals surface area contributed by atoms with E-state index in [-0.39, 0.29) is 18.4 Å². The van der Waals surface area contributed by atoms with Crippen molar-refractivity contribution in [2.24, 2.45) is 0 Å². The molecule has 1 heterocycles. The number of carbonyl (C=O) groups excluding carboxylic acids is 2. The summed E-state index contributed by atoms with van der Waals surface area (Å²) in [5.74, 6) is -0.149. The van der Waals surface area contributed by atoms with E-state index in [9.17, 15) is 9.59 Å². The Morgan fingerprint density at radius 2 is 2.12 bits per heavy atom. The third kappa shape index (κ3) is 2.66. The van der Waals surface area contributed by atoms with Gasteiger partial charge in [-0.3, -0.25) is 9.59 Å². The summed E-state index contributed by atoms with van der Waals surface area (Å²) in [7, 11) is 0. The molecule has 0 aliphatic carbocycles. The highest BCUT2D eigenvalue weighted by Crippen LogP contribution is 2.18. The maximum Gasteiger partial charge on any atom is 0.245 e. The van der Waals surface area contributed by atoms with Crippen LogP contribution in [-0.4, -0.2) is 29.3 Å². The van der Waals surface area contributed by atoms with Gasteiger partial charge in [-0.25, -0.2) is 0 Å². The van der Waals surface area contributed by atoms with E-state index < -0.39 is 6.04 Å². The first-order valence-corrected chi connectivity index (χ1v) is 6.19. The van der Waals surface area contributed by atoms with Crippen LogP contribution in [0.2, 0.25) is 0 Å². The fraction of sp³-hybridized carbons (Fsp3) is 0.333. The van der Waals surface area contributed by atoms with Gasteiger partial charge in [0.2, 0.25) is 11.8 Å². The Hall–Kier alpha value is -1.36. The highest BCUT2D eigenvalue weighted by atomic mass is 79.9. The molecule has 17 heavy (non-hydrogen) atoms. The lowest BCUT2D eigenvalue weighted by atomic mass is 10.1. The number of hydrogen-bond donors (Lipinski definition) is 1. The lowest BCUT2D eigenvalue weighted by Crippen LogP contribution is -2.56. The monoisotopic (exact) mass is 296 g/mol. The quantitative estimate of drug-likeness (QED) is 0.894. The maximum atomic E-state index is 11.9. The van der Waals surface area contributed by atoms with E-state index in [0.29, 0.717) is 6.54 Å². The summed E-state index contributed by atoms with van der Waals surface area (Å²) in [5, 5.41) is 2.62. The predicted octanol–water partition coefficient (Wildman–Crippen LogP) is 1.30. The van der Waals surface area contributed by atoms with Crippen LogP contribution in [0.25, 0.3) is 0 Å². The molecule has 5 heteroatoms. The van der Waals surface area contributed by atoms with E-state index >= 15 is 0 Å². The van der Waals surface area contributed by atoms with Gasteiger partial charge in [0.05, 0.1) is 6.54 Å². The van der Waals surface area contributed by atoms with Crippen molar-refractivity contribution < 1.29 is 9.59 Å². The molecule has 1 aliphatic heterocycles. The Morgan fingerprint density at radius 1 is 1.41 bits per heavy atom. The summed E-state index contributed by atoms with van der Waals surface area (Å²) in [5.41, 5.74) is 1.00. The molecule has 1 N–H and O–H groups in total. The van der Waals surface area contributed by atoms with E-state index in [1.54, 1.807) is 11.8 Å². The second-order valence-corrected chi connectivity index (χ2v) is 4.93. The van der Waals surface area contributed by atoms with Gasteiger partial charge in [0.1, 0.15) is 6.04 Å². The van der Waals surface area contributed by atoms with Gasteiger partial charge in [-0.05, 0) is 18.6 Å². The summed E-state index contributed by atoms with van der Waals surface area (Å²) in [6.07, 6.45) is 0. The normalized spacial score (nSPS) is 20.4. The second-order valence-electron chi connectivity index (χ2n) is 4.07.